The first kappa shape index (κ1) is 4.63. The van der Waals surface area contributed by atoms with E-state index < -0.39 is 0 Å². The summed E-state index contributed by atoms with van der Waals surface area (Å²) < 4.78 is 4.07. The van der Waals surface area contributed by atoms with Gasteiger partial charge in [0.15, 0.2) is 0 Å². The Morgan fingerprint density at radius 1 is 2.00 bits per heavy atom. The maximum Gasteiger partial charge on any atom is 0.145 e. The number of rotatable bonds is 2. The number of hydrogen-bond donors (Lipinski definition) is 0. The Morgan fingerprint density at radius 3 is 2.60 bits per heavy atom. The highest BCUT2D eigenvalue weighted by Crippen LogP contribution is 1.54. The van der Waals surface area contributed by atoms with E-state index in [4.69, 9.17) is 0 Å². The lowest BCUT2D eigenvalue weighted by atomic mass is 10.8. The van der Waals surface area contributed by atoms with Gasteiger partial charge in [-0.05, 0) is 0 Å². The van der Waals surface area contributed by atoms with Gasteiger partial charge in [0.05, 0.1) is 7.11 Å². The maximum absolute atomic E-state index is 9.24. The summed E-state index contributed by atoms with van der Waals surface area (Å²) in [6.07, 6.45) is 0.646. The van der Waals surface area contributed by atoms with Gasteiger partial charge in [-0.15, -0.1) is 0 Å². The molecule has 0 aromatic carbocycles. The van der Waals surface area contributed by atoms with Gasteiger partial charge in [0.25, 0.3) is 0 Å². The zero-order valence-electron chi connectivity index (χ0n) is 2.81. The van der Waals surface area contributed by atoms with Crippen LogP contribution in [0.15, 0.2) is 0 Å². The summed E-state index contributed by atoms with van der Waals surface area (Å²) in [7, 11) is 2.94. The van der Waals surface area contributed by atoms with Gasteiger partial charge in [-0.25, -0.2) is 0 Å². The molecule has 0 aliphatic carbocycles. The van der Waals surface area contributed by atoms with E-state index in [1.807, 2.05) is 0 Å². The van der Waals surface area contributed by atoms with Gasteiger partial charge < -0.3 is 9.53 Å². The molecule has 0 bridgehead atoms. The highest BCUT2D eigenvalue weighted by Gasteiger charge is 1.64. The van der Waals surface area contributed by atoms with Crippen molar-refractivity contribution in [3.63, 3.8) is 0 Å². The maximum atomic E-state index is 9.24. The van der Waals surface area contributed by atoms with Crippen LogP contribution in [-0.2, 0) is 9.53 Å². The van der Waals surface area contributed by atoms with E-state index in [2.05, 4.69) is 11.8 Å². The van der Waals surface area contributed by atoms with Gasteiger partial charge in [-0.3, -0.25) is 0 Å². The Bertz CT molecular complexity index is 26.1. The van der Waals surface area contributed by atoms with Crippen molar-refractivity contribution in [2.75, 3.05) is 6.61 Å². The first-order chi connectivity index (χ1) is 2.41. The lowest BCUT2D eigenvalue weighted by molar-refractivity contribution is -0.110. The Morgan fingerprint density at radius 2 is 2.60 bits per heavy atom. The molecule has 0 amide bonds. The minimum atomic E-state index is 0.0972. The van der Waals surface area contributed by atoms with Crippen LogP contribution in [0.1, 0.15) is 0 Å². The fourth-order valence-corrected chi connectivity index (χ4v) is 0.0481. The molecule has 0 aromatic heterocycles. The minimum absolute atomic E-state index is 0.0972. The fourth-order valence-electron chi connectivity index (χ4n) is 0.0481. The number of carbonyl (C=O) groups excluding carboxylic acids is 1. The van der Waals surface area contributed by atoms with Crippen molar-refractivity contribution in [2.24, 2.45) is 0 Å². The van der Waals surface area contributed by atoms with Crippen LogP contribution < -0.4 is 0 Å². The van der Waals surface area contributed by atoms with Crippen molar-refractivity contribution < 1.29 is 9.53 Å². The quantitative estimate of drug-likeness (QED) is 0.430. The highest BCUT2D eigenvalue weighted by atomic mass is 16.5. The van der Waals surface area contributed by atoms with E-state index >= 15 is 0 Å². The fraction of sp³-hybridized carbons (Fsp3) is 0.333. The summed E-state index contributed by atoms with van der Waals surface area (Å²) in [4.78, 5) is 9.24. The molecular formula is C3H5O2. The molecule has 0 aromatic rings. The van der Waals surface area contributed by atoms with Gasteiger partial charge in [-0.2, -0.15) is 0 Å². The van der Waals surface area contributed by atoms with Crippen molar-refractivity contribution in [1.82, 2.24) is 0 Å². The second-order valence-corrected chi connectivity index (χ2v) is 0.537. The molecule has 29 valence electrons. The molecule has 0 rings (SSSR count). The molecule has 0 unspecified atom stereocenters. The molecule has 2 nitrogen and oxygen atoms in total. The van der Waals surface area contributed by atoms with Crippen molar-refractivity contribution in [2.45, 2.75) is 0 Å². The van der Waals surface area contributed by atoms with E-state index in [-0.39, 0.29) is 6.61 Å². The van der Waals surface area contributed by atoms with Crippen molar-refractivity contribution in [3.05, 3.63) is 7.11 Å². The predicted octanol–water partition coefficient (Wildman–Crippen LogP) is -0.00651. The van der Waals surface area contributed by atoms with E-state index in [1.165, 1.54) is 0 Å². The second-order valence-electron chi connectivity index (χ2n) is 0.537. The SMILES string of the molecule is [CH2]OCC=O. The zero-order valence-corrected chi connectivity index (χ0v) is 2.81. The summed E-state index contributed by atoms with van der Waals surface area (Å²) in [5, 5.41) is 0. The monoisotopic (exact) mass is 73.0 g/mol. The molecule has 0 aliphatic heterocycles. The zero-order chi connectivity index (χ0) is 4.12. The lowest BCUT2D eigenvalue weighted by Crippen LogP contribution is -1.82. The highest BCUT2D eigenvalue weighted by molar-refractivity contribution is 5.50. The van der Waals surface area contributed by atoms with Crippen molar-refractivity contribution >= 4 is 6.29 Å². The van der Waals surface area contributed by atoms with Gasteiger partial charge >= 0.3 is 0 Å². The number of ether oxygens (including phenoxy) is 1. The number of carbonyl (C=O) groups is 1. The molecule has 0 N–H and O–H groups in total. The standard InChI is InChI=1S/C3H5O2/c1-5-3-2-4/h2H,1,3H2. The van der Waals surface area contributed by atoms with E-state index in [0.717, 1.165) is 0 Å². The lowest BCUT2D eigenvalue weighted by Gasteiger charge is -1.75. The first-order valence-electron chi connectivity index (χ1n) is 1.22. The molecule has 0 aliphatic rings. The number of hydrogen-bond acceptors (Lipinski definition) is 2. The topological polar surface area (TPSA) is 26.3 Å². The summed E-state index contributed by atoms with van der Waals surface area (Å²) >= 11 is 0. The predicted molar refractivity (Wildman–Crippen MR) is 17.4 cm³/mol. The van der Waals surface area contributed by atoms with E-state index in [1.54, 1.807) is 0 Å². The largest absolute Gasteiger partial charge is 0.372 e. The normalized spacial score (nSPS) is 7.40. The van der Waals surface area contributed by atoms with E-state index in [9.17, 15) is 4.79 Å². The van der Waals surface area contributed by atoms with Gasteiger partial charge in [0.1, 0.15) is 12.9 Å². The Kier molecular flexibility index (Phi) is 3.36. The average Bonchev–Trinajstić information content (AvgIpc) is 1.41. The smallest absolute Gasteiger partial charge is 0.145 e. The van der Waals surface area contributed by atoms with Crippen LogP contribution >= 0.6 is 0 Å². The van der Waals surface area contributed by atoms with E-state index in [0.29, 0.717) is 6.29 Å². The third-order valence-corrected chi connectivity index (χ3v) is 0.186. The Labute approximate surface area is 30.7 Å². The first-order valence-corrected chi connectivity index (χ1v) is 1.22. The molecule has 0 atom stereocenters. The molecule has 0 saturated heterocycles. The Hall–Kier alpha value is -0.370. The summed E-state index contributed by atoms with van der Waals surface area (Å²) in [6, 6.07) is 0. The molecule has 0 spiro atoms. The third-order valence-electron chi connectivity index (χ3n) is 0.186. The molecule has 0 fully saturated rings. The average molecular weight is 73.1 g/mol. The van der Waals surface area contributed by atoms with Crippen LogP contribution in [0.25, 0.3) is 0 Å². The van der Waals surface area contributed by atoms with Gasteiger partial charge in [0.2, 0.25) is 0 Å². The van der Waals surface area contributed by atoms with Gasteiger partial charge in [0, 0.05) is 0 Å². The molecule has 0 saturated carbocycles. The molecular weight excluding hydrogens is 68.0 g/mol. The third kappa shape index (κ3) is 3.63. The van der Waals surface area contributed by atoms with Gasteiger partial charge in [-0.1, -0.05) is 0 Å². The van der Waals surface area contributed by atoms with Crippen LogP contribution in [0, 0.1) is 7.11 Å². The van der Waals surface area contributed by atoms with Crippen LogP contribution in [0.5, 0.6) is 0 Å². The van der Waals surface area contributed by atoms with Crippen molar-refractivity contribution in [3.8, 4) is 0 Å². The number of aldehydes is 1. The van der Waals surface area contributed by atoms with Crippen LogP contribution in [0.4, 0.5) is 0 Å². The van der Waals surface area contributed by atoms with Crippen LogP contribution in [-0.4, -0.2) is 12.9 Å². The molecule has 2 heteroatoms. The molecule has 0 heterocycles. The summed E-state index contributed by atoms with van der Waals surface area (Å²) in [6.45, 7) is 0.0972. The second kappa shape index (κ2) is 3.63. The minimum Gasteiger partial charge on any atom is -0.372 e. The van der Waals surface area contributed by atoms with Crippen molar-refractivity contribution in [1.29, 1.82) is 0 Å². The summed E-state index contributed by atoms with van der Waals surface area (Å²) in [5.41, 5.74) is 0. The van der Waals surface area contributed by atoms with Crippen LogP contribution in [0.2, 0.25) is 0 Å². The molecule has 5 heavy (non-hydrogen) atoms. The Balaban J connectivity index is 2.40. The summed E-state index contributed by atoms with van der Waals surface area (Å²) in [5.74, 6) is 0. The molecule has 1 radical (unpaired) electrons. The van der Waals surface area contributed by atoms with Crippen LogP contribution in [0.3, 0.4) is 0 Å².